The van der Waals surface area contributed by atoms with Gasteiger partial charge in [-0.1, -0.05) is 0 Å². The van der Waals surface area contributed by atoms with E-state index >= 15 is 0 Å². The highest BCUT2D eigenvalue weighted by Gasteiger charge is 2.12. The largest absolute Gasteiger partial charge is 0.493 e. The van der Waals surface area contributed by atoms with E-state index in [0.717, 1.165) is 16.9 Å². The summed E-state index contributed by atoms with van der Waals surface area (Å²) < 4.78 is 10.6. The highest BCUT2D eigenvalue weighted by molar-refractivity contribution is 7.11. The fraction of sp³-hybridized carbons (Fsp3) is 0.0952. The SMILES string of the molecule is COc1ccc(-c2csc(C(C#N)=CNc3ccc(C(N)=O)cc3)n2)cc1OC. The maximum Gasteiger partial charge on any atom is 0.248 e. The number of amides is 1. The molecule has 7 nitrogen and oxygen atoms in total. The van der Waals surface area contributed by atoms with E-state index in [1.54, 1.807) is 44.7 Å². The molecule has 0 saturated carbocycles. The molecule has 3 rings (SSSR count). The summed E-state index contributed by atoms with van der Waals surface area (Å²) in [7, 11) is 3.16. The topological polar surface area (TPSA) is 110 Å². The molecule has 2 aromatic carbocycles. The van der Waals surface area contributed by atoms with Gasteiger partial charge in [0.2, 0.25) is 5.91 Å². The highest BCUT2D eigenvalue weighted by Crippen LogP contribution is 2.33. The van der Waals surface area contributed by atoms with Gasteiger partial charge < -0.3 is 20.5 Å². The van der Waals surface area contributed by atoms with Crippen LogP contribution in [-0.2, 0) is 0 Å². The van der Waals surface area contributed by atoms with Gasteiger partial charge in [0, 0.05) is 28.4 Å². The van der Waals surface area contributed by atoms with Gasteiger partial charge in [0.05, 0.1) is 19.9 Å². The molecule has 0 unspecified atom stereocenters. The number of methoxy groups -OCH3 is 2. The Hall–Kier alpha value is -3.83. The van der Waals surface area contributed by atoms with Crippen LogP contribution in [0.25, 0.3) is 16.8 Å². The summed E-state index contributed by atoms with van der Waals surface area (Å²) in [5.74, 6) is 0.753. The van der Waals surface area contributed by atoms with E-state index in [9.17, 15) is 10.1 Å². The average Bonchev–Trinajstić information content (AvgIpc) is 3.24. The maximum absolute atomic E-state index is 11.1. The third-order valence-corrected chi connectivity index (χ3v) is 4.96. The predicted molar refractivity (Wildman–Crippen MR) is 113 cm³/mol. The van der Waals surface area contributed by atoms with Gasteiger partial charge in [-0.15, -0.1) is 11.3 Å². The van der Waals surface area contributed by atoms with E-state index in [-0.39, 0.29) is 0 Å². The summed E-state index contributed by atoms with van der Waals surface area (Å²) in [5, 5.41) is 15.0. The summed E-state index contributed by atoms with van der Waals surface area (Å²) in [6.45, 7) is 0. The fourth-order valence-electron chi connectivity index (χ4n) is 2.55. The third kappa shape index (κ3) is 4.54. The van der Waals surface area contributed by atoms with Crippen molar-refractivity contribution in [1.82, 2.24) is 4.98 Å². The number of nitrogens with two attached hydrogens (primary N) is 1. The molecule has 0 fully saturated rings. The Balaban J connectivity index is 1.81. The van der Waals surface area contributed by atoms with Gasteiger partial charge in [0.1, 0.15) is 16.6 Å². The number of thiazole rings is 1. The molecule has 0 aliphatic carbocycles. The van der Waals surface area contributed by atoms with Crippen LogP contribution in [0.1, 0.15) is 15.4 Å². The van der Waals surface area contributed by atoms with E-state index < -0.39 is 5.91 Å². The summed E-state index contributed by atoms with van der Waals surface area (Å²) in [5.41, 5.74) is 8.35. The minimum absolute atomic E-state index is 0.390. The Labute approximate surface area is 172 Å². The van der Waals surface area contributed by atoms with Crippen LogP contribution in [0.15, 0.2) is 54.0 Å². The fourth-order valence-corrected chi connectivity index (χ4v) is 3.35. The van der Waals surface area contributed by atoms with Gasteiger partial charge in [0.25, 0.3) is 0 Å². The molecule has 8 heteroatoms. The minimum Gasteiger partial charge on any atom is -0.493 e. The van der Waals surface area contributed by atoms with E-state index in [2.05, 4.69) is 16.4 Å². The Kier molecular flexibility index (Phi) is 6.12. The van der Waals surface area contributed by atoms with Crippen molar-refractivity contribution in [3.8, 4) is 28.8 Å². The Morgan fingerprint density at radius 1 is 1.17 bits per heavy atom. The Morgan fingerprint density at radius 2 is 1.90 bits per heavy atom. The van der Waals surface area contributed by atoms with Gasteiger partial charge in [-0.3, -0.25) is 4.79 Å². The molecular formula is C21H18N4O3S. The number of allylic oxidation sites excluding steroid dienone is 1. The monoisotopic (exact) mass is 406 g/mol. The van der Waals surface area contributed by atoms with E-state index in [1.165, 1.54) is 11.3 Å². The number of hydrogen-bond donors (Lipinski definition) is 2. The van der Waals surface area contributed by atoms with Crippen LogP contribution in [0.2, 0.25) is 0 Å². The maximum atomic E-state index is 11.1. The number of benzene rings is 2. The quantitative estimate of drug-likeness (QED) is 0.576. The first-order valence-corrected chi connectivity index (χ1v) is 9.38. The first-order chi connectivity index (χ1) is 14.0. The number of primary amides is 1. The van der Waals surface area contributed by atoms with E-state index in [4.69, 9.17) is 15.2 Å². The lowest BCUT2D eigenvalue weighted by Crippen LogP contribution is -2.10. The second-order valence-electron chi connectivity index (χ2n) is 5.86. The number of nitrogens with one attached hydrogen (secondary N) is 1. The normalized spacial score (nSPS) is 10.9. The molecule has 0 saturated heterocycles. The zero-order valence-electron chi connectivity index (χ0n) is 15.8. The van der Waals surface area contributed by atoms with Gasteiger partial charge in [-0.2, -0.15) is 5.26 Å². The minimum atomic E-state index is -0.490. The molecule has 3 aromatic rings. The van der Waals surface area contributed by atoms with Gasteiger partial charge >= 0.3 is 0 Å². The van der Waals surface area contributed by atoms with Crippen molar-refractivity contribution < 1.29 is 14.3 Å². The van der Waals surface area contributed by atoms with Crippen molar-refractivity contribution in [2.75, 3.05) is 19.5 Å². The number of carbonyl (C=O) groups is 1. The molecule has 1 amide bonds. The van der Waals surface area contributed by atoms with Crippen LogP contribution < -0.4 is 20.5 Å². The molecule has 3 N–H and O–H groups in total. The lowest BCUT2D eigenvalue weighted by molar-refractivity contribution is 0.100. The number of nitriles is 1. The highest BCUT2D eigenvalue weighted by atomic mass is 32.1. The molecule has 0 aliphatic heterocycles. The first kappa shape index (κ1) is 19.9. The summed E-state index contributed by atoms with van der Waals surface area (Å²) >= 11 is 1.37. The molecule has 0 atom stereocenters. The van der Waals surface area contributed by atoms with Crippen molar-refractivity contribution in [1.29, 1.82) is 5.26 Å². The molecule has 146 valence electrons. The second kappa shape index (κ2) is 8.91. The molecule has 0 bridgehead atoms. The number of carbonyl (C=O) groups excluding carboxylic acids is 1. The molecule has 1 heterocycles. The number of anilines is 1. The van der Waals surface area contributed by atoms with Crippen molar-refractivity contribution in [3.63, 3.8) is 0 Å². The summed E-state index contributed by atoms with van der Waals surface area (Å²) in [6, 6.07) is 14.3. The van der Waals surface area contributed by atoms with Crippen LogP contribution >= 0.6 is 11.3 Å². The van der Waals surface area contributed by atoms with Crippen molar-refractivity contribution in [2.24, 2.45) is 5.73 Å². The molecular weight excluding hydrogens is 388 g/mol. The van der Waals surface area contributed by atoms with Crippen LogP contribution in [0.5, 0.6) is 11.5 Å². The standard InChI is InChI=1S/C21H18N4O3S/c1-27-18-8-5-14(9-19(18)28-2)17-12-29-21(25-17)15(10-22)11-24-16-6-3-13(4-7-16)20(23)26/h3-9,11-12,24H,1-2H3,(H2,23,26). The molecule has 0 spiro atoms. The molecule has 1 aromatic heterocycles. The number of rotatable bonds is 7. The van der Waals surface area contributed by atoms with Crippen molar-refractivity contribution >= 4 is 28.5 Å². The van der Waals surface area contributed by atoms with Crippen molar-refractivity contribution in [3.05, 3.63) is 64.6 Å². The number of aromatic nitrogens is 1. The zero-order valence-corrected chi connectivity index (χ0v) is 16.6. The average molecular weight is 406 g/mol. The molecule has 0 aliphatic rings. The van der Waals surface area contributed by atoms with Crippen molar-refractivity contribution in [2.45, 2.75) is 0 Å². The zero-order chi connectivity index (χ0) is 20.8. The van der Waals surface area contributed by atoms with E-state index in [0.29, 0.717) is 27.6 Å². The van der Waals surface area contributed by atoms with Gasteiger partial charge in [-0.05, 0) is 42.5 Å². The Bertz CT molecular complexity index is 1100. The van der Waals surface area contributed by atoms with Crippen LogP contribution in [0.3, 0.4) is 0 Å². The molecule has 0 radical (unpaired) electrons. The Morgan fingerprint density at radius 3 is 2.52 bits per heavy atom. The van der Waals surface area contributed by atoms with Crippen LogP contribution in [0.4, 0.5) is 5.69 Å². The molecule has 29 heavy (non-hydrogen) atoms. The second-order valence-corrected chi connectivity index (χ2v) is 6.72. The first-order valence-electron chi connectivity index (χ1n) is 8.50. The van der Waals surface area contributed by atoms with Crippen LogP contribution in [0, 0.1) is 11.3 Å². The lowest BCUT2D eigenvalue weighted by atomic mass is 10.1. The number of hydrogen-bond acceptors (Lipinski definition) is 7. The predicted octanol–water partition coefficient (Wildman–Crippen LogP) is 3.90. The van der Waals surface area contributed by atoms with Gasteiger partial charge in [0.15, 0.2) is 11.5 Å². The number of ether oxygens (including phenoxy) is 2. The summed E-state index contributed by atoms with van der Waals surface area (Å²) in [4.78, 5) is 15.7. The summed E-state index contributed by atoms with van der Waals surface area (Å²) in [6.07, 6.45) is 1.58. The van der Waals surface area contributed by atoms with E-state index in [1.807, 2.05) is 23.6 Å². The smallest absolute Gasteiger partial charge is 0.248 e. The van der Waals surface area contributed by atoms with Gasteiger partial charge in [-0.25, -0.2) is 4.98 Å². The lowest BCUT2D eigenvalue weighted by Gasteiger charge is -2.08. The third-order valence-electron chi connectivity index (χ3n) is 4.09. The van der Waals surface area contributed by atoms with Crippen LogP contribution in [-0.4, -0.2) is 25.1 Å². The number of nitrogens with zero attached hydrogens (tertiary/aromatic N) is 2.